The Hall–Kier alpha value is -4.72. The van der Waals surface area contributed by atoms with Crippen LogP contribution in [0.4, 0.5) is 0 Å². The predicted molar refractivity (Wildman–Crippen MR) is 123 cm³/mol. The summed E-state index contributed by atoms with van der Waals surface area (Å²) in [6, 6.07) is 22.3. The summed E-state index contributed by atoms with van der Waals surface area (Å²) in [6.45, 7) is -0.629. The summed E-state index contributed by atoms with van der Waals surface area (Å²) in [5.41, 5.74) is 1.71. The van der Waals surface area contributed by atoms with Crippen molar-refractivity contribution in [3.63, 3.8) is 0 Å². The normalized spacial score (nSPS) is 10.4. The molecule has 2 amide bonds. The number of ether oxygens (including phenoxy) is 2. The van der Waals surface area contributed by atoms with Gasteiger partial charge in [0.1, 0.15) is 5.75 Å². The number of benzene rings is 3. The molecule has 0 aliphatic rings. The molecule has 3 aromatic carbocycles. The SMILES string of the molecule is COc1ccc(C(=O)NC(=O)COC(=O)c2ccccc2-c2ncc(-c3ccccc3)o2)cc1. The van der Waals surface area contributed by atoms with Crippen LogP contribution in [0.5, 0.6) is 5.75 Å². The highest BCUT2D eigenvalue weighted by Gasteiger charge is 2.19. The number of hydrogen-bond acceptors (Lipinski definition) is 7. The highest BCUT2D eigenvalue weighted by atomic mass is 16.5. The van der Waals surface area contributed by atoms with Crippen molar-refractivity contribution in [2.24, 2.45) is 0 Å². The molecule has 0 atom stereocenters. The molecule has 0 spiro atoms. The lowest BCUT2D eigenvalue weighted by molar-refractivity contribution is -0.123. The predicted octanol–water partition coefficient (Wildman–Crippen LogP) is 4.13. The van der Waals surface area contributed by atoms with Crippen LogP contribution < -0.4 is 10.1 Å². The quantitative estimate of drug-likeness (QED) is 0.417. The second kappa shape index (κ2) is 10.3. The Morgan fingerprint density at radius 2 is 1.62 bits per heavy atom. The number of oxazole rings is 1. The Morgan fingerprint density at radius 1 is 0.912 bits per heavy atom. The summed E-state index contributed by atoms with van der Waals surface area (Å²) in [5, 5.41) is 2.18. The van der Waals surface area contributed by atoms with Crippen molar-refractivity contribution >= 4 is 17.8 Å². The van der Waals surface area contributed by atoms with Gasteiger partial charge in [-0.05, 0) is 36.4 Å². The average molecular weight is 456 g/mol. The molecule has 34 heavy (non-hydrogen) atoms. The smallest absolute Gasteiger partial charge is 0.339 e. The number of esters is 1. The number of carbonyl (C=O) groups is 3. The molecule has 0 radical (unpaired) electrons. The molecule has 0 saturated carbocycles. The fourth-order valence-corrected chi connectivity index (χ4v) is 3.17. The van der Waals surface area contributed by atoms with Crippen molar-refractivity contribution in [2.75, 3.05) is 13.7 Å². The van der Waals surface area contributed by atoms with Crippen molar-refractivity contribution < 1.29 is 28.3 Å². The zero-order valence-electron chi connectivity index (χ0n) is 18.2. The van der Waals surface area contributed by atoms with E-state index >= 15 is 0 Å². The molecule has 4 aromatic rings. The number of aromatic nitrogens is 1. The highest BCUT2D eigenvalue weighted by Crippen LogP contribution is 2.28. The minimum atomic E-state index is -0.755. The van der Waals surface area contributed by atoms with E-state index in [1.807, 2.05) is 30.3 Å². The number of imide groups is 1. The molecule has 170 valence electrons. The molecule has 8 heteroatoms. The van der Waals surface area contributed by atoms with E-state index in [1.54, 1.807) is 42.6 Å². The van der Waals surface area contributed by atoms with Crippen LogP contribution in [0.25, 0.3) is 22.8 Å². The van der Waals surface area contributed by atoms with Crippen LogP contribution in [-0.2, 0) is 9.53 Å². The Balaban J connectivity index is 1.41. The van der Waals surface area contributed by atoms with Gasteiger partial charge >= 0.3 is 5.97 Å². The summed E-state index contributed by atoms with van der Waals surface area (Å²) in [5.74, 6) is -0.744. The maximum absolute atomic E-state index is 12.7. The van der Waals surface area contributed by atoms with Crippen LogP contribution in [-0.4, -0.2) is 36.5 Å². The Kier molecular flexibility index (Phi) is 6.78. The lowest BCUT2D eigenvalue weighted by atomic mass is 10.1. The first-order chi connectivity index (χ1) is 16.5. The van der Waals surface area contributed by atoms with E-state index in [-0.39, 0.29) is 17.0 Å². The molecular formula is C26H20N2O6. The van der Waals surface area contributed by atoms with Gasteiger partial charge in [-0.15, -0.1) is 0 Å². The molecule has 1 N–H and O–H groups in total. The highest BCUT2D eigenvalue weighted by molar-refractivity contribution is 6.05. The topological polar surface area (TPSA) is 108 Å². The van der Waals surface area contributed by atoms with E-state index in [4.69, 9.17) is 13.9 Å². The summed E-state index contributed by atoms with van der Waals surface area (Å²) >= 11 is 0. The first kappa shape index (κ1) is 22.5. The molecule has 1 heterocycles. The Labute approximate surface area is 195 Å². The van der Waals surface area contributed by atoms with Crippen molar-refractivity contribution in [3.8, 4) is 28.5 Å². The zero-order chi connectivity index (χ0) is 23.9. The third-order valence-electron chi connectivity index (χ3n) is 4.88. The van der Waals surface area contributed by atoms with E-state index in [0.29, 0.717) is 17.1 Å². The Morgan fingerprint density at radius 3 is 2.35 bits per heavy atom. The third kappa shape index (κ3) is 5.18. The third-order valence-corrected chi connectivity index (χ3v) is 4.88. The summed E-state index contributed by atoms with van der Waals surface area (Å²) in [7, 11) is 1.51. The minimum Gasteiger partial charge on any atom is -0.497 e. The van der Waals surface area contributed by atoms with Crippen molar-refractivity contribution in [3.05, 3.63) is 96.2 Å². The van der Waals surface area contributed by atoms with Crippen LogP contribution in [0.15, 0.2) is 89.5 Å². The van der Waals surface area contributed by atoms with Crippen LogP contribution in [0, 0.1) is 0 Å². The minimum absolute atomic E-state index is 0.179. The molecule has 1 aromatic heterocycles. The monoisotopic (exact) mass is 456 g/mol. The first-order valence-electron chi connectivity index (χ1n) is 10.3. The van der Waals surface area contributed by atoms with Gasteiger partial charge in [0.25, 0.3) is 11.8 Å². The number of nitrogens with one attached hydrogen (secondary N) is 1. The van der Waals surface area contributed by atoms with Crippen molar-refractivity contribution in [2.45, 2.75) is 0 Å². The maximum atomic E-state index is 12.7. The van der Waals surface area contributed by atoms with Gasteiger partial charge in [-0.3, -0.25) is 14.9 Å². The summed E-state index contributed by atoms with van der Waals surface area (Å²) in [6.07, 6.45) is 1.57. The van der Waals surface area contributed by atoms with Gasteiger partial charge in [-0.1, -0.05) is 42.5 Å². The molecule has 0 aliphatic carbocycles. The van der Waals surface area contributed by atoms with Gasteiger partial charge in [0.2, 0.25) is 5.89 Å². The average Bonchev–Trinajstić information content (AvgIpc) is 3.38. The van der Waals surface area contributed by atoms with Crippen LogP contribution >= 0.6 is 0 Å². The van der Waals surface area contributed by atoms with Gasteiger partial charge < -0.3 is 13.9 Å². The zero-order valence-corrected chi connectivity index (χ0v) is 18.2. The molecular weight excluding hydrogens is 436 g/mol. The molecule has 0 bridgehead atoms. The first-order valence-corrected chi connectivity index (χ1v) is 10.3. The van der Waals surface area contributed by atoms with Gasteiger partial charge in [0.05, 0.1) is 24.4 Å². The largest absolute Gasteiger partial charge is 0.497 e. The number of nitrogens with zero attached hydrogens (tertiary/aromatic N) is 1. The Bertz CT molecular complexity index is 1310. The molecule has 8 nitrogen and oxygen atoms in total. The van der Waals surface area contributed by atoms with Crippen LogP contribution in [0.1, 0.15) is 20.7 Å². The van der Waals surface area contributed by atoms with Crippen LogP contribution in [0.2, 0.25) is 0 Å². The lowest BCUT2D eigenvalue weighted by Crippen LogP contribution is -2.34. The fraction of sp³-hybridized carbons (Fsp3) is 0.0769. The standard InChI is InChI=1S/C26H20N2O6/c1-32-19-13-11-18(12-14-19)24(30)28-23(29)16-33-26(31)21-10-6-5-9-20(21)25-27-15-22(34-25)17-7-3-2-4-8-17/h2-15H,16H2,1H3,(H,28,29,30). The van der Waals surface area contributed by atoms with Gasteiger partial charge in [0.15, 0.2) is 12.4 Å². The molecule has 4 rings (SSSR count). The lowest BCUT2D eigenvalue weighted by Gasteiger charge is -2.08. The van der Waals surface area contributed by atoms with Gasteiger partial charge in [0, 0.05) is 11.1 Å². The summed E-state index contributed by atoms with van der Waals surface area (Å²) in [4.78, 5) is 41.3. The van der Waals surface area contributed by atoms with Crippen LogP contribution in [0.3, 0.4) is 0 Å². The maximum Gasteiger partial charge on any atom is 0.339 e. The number of carbonyl (C=O) groups excluding carboxylic acids is 3. The molecule has 0 fully saturated rings. The molecule has 0 aliphatic heterocycles. The summed E-state index contributed by atoms with van der Waals surface area (Å²) < 4.78 is 16.0. The number of methoxy groups -OCH3 is 1. The fourth-order valence-electron chi connectivity index (χ4n) is 3.17. The van der Waals surface area contributed by atoms with Gasteiger partial charge in [-0.2, -0.15) is 0 Å². The van der Waals surface area contributed by atoms with E-state index in [1.165, 1.54) is 19.2 Å². The second-order valence-electron chi connectivity index (χ2n) is 7.12. The number of amides is 2. The van der Waals surface area contributed by atoms with E-state index in [2.05, 4.69) is 10.3 Å². The molecule has 0 unspecified atom stereocenters. The van der Waals surface area contributed by atoms with E-state index in [9.17, 15) is 14.4 Å². The van der Waals surface area contributed by atoms with E-state index < -0.39 is 24.4 Å². The second-order valence-corrected chi connectivity index (χ2v) is 7.12. The number of rotatable bonds is 7. The van der Waals surface area contributed by atoms with Crippen molar-refractivity contribution in [1.29, 1.82) is 0 Å². The molecule has 0 saturated heterocycles. The van der Waals surface area contributed by atoms with Crippen molar-refractivity contribution in [1.82, 2.24) is 10.3 Å². The number of hydrogen-bond donors (Lipinski definition) is 1. The van der Waals surface area contributed by atoms with E-state index in [0.717, 1.165) is 5.56 Å². The van der Waals surface area contributed by atoms with Gasteiger partial charge in [-0.25, -0.2) is 9.78 Å².